The summed E-state index contributed by atoms with van der Waals surface area (Å²) in [5, 5.41) is 13.8. The first-order valence-electron chi connectivity index (χ1n) is 17.1. The lowest BCUT2D eigenvalue weighted by Gasteiger charge is -2.36. The quantitative estimate of drug-likeness (QED) is 0.170. The summed E-state index contributed by atoms with van der Waals surface area (Å²) in [6.07, 6.45) is 0.0793. The molecule has 3 aromatic carbocycles. The van der Waals surface area contributed by atoms with Crippen LogP contribution >= 0.6 is 0 Å². The predicted molar refractivity (Wildman–Crippen MR) is 190 cm³/mol. The minimum absolute atomic E-state index is 0.0177. The van der Waals surface area contributed by atoms with Gasteiger partial charge in [0.25, 0.3) is 0 Å². The molecule has 0 aliphatic carbocycles. The number of rotatable bonds is 11. The molecule has 1 atom stereocenters. The minimum Gasteiger partial charge on any atom is -0.489 e. The molecule has 1 unspecified atom stereocenters. The Kier molecular flexibility index (Phi) is 11.0. The fourth-order valence-corrected chi connectivity index (χ4v) is 6.95. The van der Waals surface area contributed by atoms with Gasteiger partial charge in [0, 0.05) is 67.8 Å². The van der Waals surface area contributed by atoms with Crippen LogP contribution in [0.3, 0.4) is 0 Å². The number of carboxylic acid groups (broad SMARTS) is 1. The number of hydrogen-bond donors (Lipinski definition) is 2. The highest BCUT2D eigenvalue weighted by Crippen LogP contribution is 2.43. The van der Waals surface area contributed by atoms with Crippen LogP contribution in [0.1, 0.15) is 53.3 Å². The number of aromatic nitrogens is 2. The Morgan fingerprint density at radius 2 is 1.78 bits per heavy atom. The summed E-state index contributed by atoms with van der Waals surface area (Å²) in [6, 6.07) is 11.9. The van der Waals surface area contributed by atoms with Gasteiger partial charge in [-0.05, 0) is 81.6 Å². The lowest BCUT2D eigenvalue weighted by atomic mass is 9.87. The molecule has 1 aromatic heterocycles. The van der Waals surface area contributed by atoms with Crippen molar-refractivity contribution in [1.29, 1.82) is 0 Å². The van der Waals surface area contributed by atoms with E-state index in [9.17, 15) is 9.90 Å². The number of amides is 1. The molecule has 6 rings (SSSR count). The van der Waals surface area contributed by atoms with Crippen LogP contribution in [-0.4, -0.2) is 83.1 Å². The number of nitrogens with zero attached hydrogens (tertiary/aromatic N) is 5. The molecule has 51 heavy (non-hydrogen) atoms. The Morgan fingerprint density at radius 1 is 1.04 bits per heavy atom. The lowest BCUT2D eigenvalue weighted by molar-refractivity contribution is -0.0174. The summed E-state index contributed by atoms with van der Waals surface area (Å²) in [4.78, 5) is 27.9. The number of hydrogen-bond acceptors (Lipinski definition) is 9. The van der Waals surface area contributed by atoms with Gasteiger partial charge in [-0.25, -0.2) is 23.5 Å². The van der Waals surface area contributed by atoms with Gasteiger partial charge in [0.1, 0.15) is 24.0 Å². The van der Waals surface area contributed by atoms with Gasteiger partial charge in [0.15, 0.2) is 18.4 Å². The number of piperazine rings is 1. The second-order valence-electron chi connectivity index (χ2n) is 13.3. The lowest BCUT2D eigenvalue weighted by Crippen LogP contribution is -2.49. The van der Waals surface area contributed by atoms with Crippen molar-refractivity contribution in [3.8, 4) is 11.5 Å². The molecule has 0 radical (unpaired) electrons. The van der Waals surface area contributed by atoms with E-state index in [0.717, 1.165) is 47.8 Å². The number of fused-ring (bicyclic) bond motifs is 1. The standard InChI is InChI=1S/C38H44F2N6O5/c1-23(2)45-12-10-44(11-13-45)14-15-50-32-7-6-29(20-31(32)40)42-37-41-9-8-33(43-37)46(38(47)48)35(34-25(4)16-24(3)17-26(34)5)30-19-28(39)18-27-21-49-22-51-36(27)30/h6-9,16-20,23,35H,10-15,21-22H2,1-5H3,(H,47,48)(H,41,42,43). The summed E-state index contributed by atoms with van der Waals surface area (Å²) in [5.74, 6) is -0.570. The predicted octanol–water partition coefficient (Wildman–Crippen LogP) is 6.97. The van der Waals surface area contributed by atoms with Gasteiger partial charge in [-0.15, -0.1) is 0 Å². The van der Waals surface area contributed by atoms with Crippen LogP contribution in [0, 0.1) is 32.4 Å². The van der Waals surface area contributed by atoms with Gasteiger partial charge in [-0.2, -0.15) is 4.98 Å². The van der Waals surface area contributed by atoms with Crippen LogP contribution in [0.25, 0.3) is 0 Å². The third-order valence-electron chi connectivity index (χ3n) is 9.35. The van der Waals surface area contributed by atoms with Crippen LogP contribution in [-0.2, 0) is 11.3 Å². The van der Waals surface area contributed by atoms with E-state index in [2.05, 4.69) is 38.9 Å². The molecule has 4 aromatic rings. The van der Waals surface area contributed by atoms with Crippen molar-refractivity contribution in [3.05, 3.63) is 99.7 Å². The normalized spacial score (nSPS) is 15.6. The molecule has 1 saturated heterocycles. The van der Waals surface area contributed by atoms with Crippen molar-refractivity contribution >= 4 is 23.5 Å². The number of aryl methyl sites for hydroxylation is 3. The summed E-state index contributed by atoms with van der Waals surface area (Å²) in [7, 11) is 0. The molecule has 0 saturated carbocycles. The Hall–Kier alpha value is -4.85. The van der Waals surface area contributed by atoms with Gasteiger partial charge in [-0.1, -0.05) is 17.7 Å². The van der Waals surface area contributed by atoms with Crippen LogP contribution in [0.4, 0.5) is 31.0 Å². The average Bonchev–Trinajstić information content (AvgIpc) is 3.08. The molecule has 1 fully saturated rings. The van der Waals surface area contributed by atoms with Crippen LogP contribution in [0.5, 0.6) is 11.5 Å². The number of carbonyl (C=O) groups is 1. The highest BCUT2D eigenvalue weighted by molar-refractivity contribution is 5.87. The smallest absolute Gasteiger partial charge is 0.413 e. The molecule has 0 bridgehead atoms. The van der Waals surface area contributed by atoms with Crippen molar-refractivity contribution < 1.29 is 32.9 Å². The average molecular weight is 703 g/mol. The first kappa shape index (κ1) is 36.0. The molecule has 13 heteroatoms. The van der Waals surface area contributed by atoms with Gasteiger partial charge in [0.05, 0.1) is 12.6 Å². The van der Waals surface area contributed by atoms with Gasteiger partial charge in [-0.3, -0.25) is 9.80 Å². The Balaban J connectivity index is 1.25. The van der Waals surface area contributed by atoms with Gasteiger partial charge < -0.3 is 24.6 Å². The molecular formula is C38H44F2N6O5. The van der Waals surface area contributed by atoms with E-state index in [1.807, 2.05) is 32.9 Å². The molecule has 1 amide bonds. The molecular weight excluding hydrogens is 658 g/mol. The Bertz CT molecular complexity index is 1860. The van der Waals surface area contributed by atoms with E-state index >= 15 is 8.78 Å². The number of benzene rings is 3. The zero-order chi connectivity index (χ0) is 36.2. The third kappa shape index (κ3) is 8.22. The largest absolute Gasteiger partial charge is 0.489 e. The van der Waals surface area contributed by atoms with E-state index < -0.39 is 23.8 Å². The Morgan fingerprint density at radius 3 is 2.47 bits per heavy atom. The van der Waals surface area contributed by atoms with Crippen LogP contribution in [0.15, 0.2) is 54.7 Å². The summed E-state index contributed by atoms with van der Waals surface area (Å²) in [6.45, 7) is 15.1. The zero-order valence-electron chi connectivity index (χ0n) is 29.6. The van der Waals surface area contributed by atoms with E-state index in [-0.39, 0.29) is 30.9 Å². The molecule has 2 N–H and O–H groups in total. The van der Waals surface area contributed by atoms with E-state index in [1.165, 1.54) is 36.5 Å². The molecule has 3 heterocycles. The van der Waals surface area contributed by atoms with E-state index in [4.69, 9.17) is 14.2 Å². The topological polar surface area (TPSA) is 113 Å². The number of halogens is 2. The maximum Gasteiger partial charge on any atom is 0.413 e. The second kappa shape index (κ2) is 15.6. The SMILES string of the molecule is Cc1cc(C)c(C(c2cc(F)cc3c2OCOC3)N(C(=O)O)c2ccnc(Nc3ccc(OCCN4CCN(C(C)C)CC4)c(F)c3)n2)c(C)c1. The molecule has 0 spiro atoms. The highest BCUT2D eigenvalue weighted by Gasteiger charge is 2.36. The summed E-state index contributed by atoms with van der Waals surface area (Å²) in [5.41, 5.74) is 4.41. The Labute approximate surface area is 296 Å². The number of nitrogens with one attached hydrogen (secondary N) is 1. The maximum absolute atomic E-state index is 15.2. The summed E-state index contributed by atoms with van der Waals surface area (Å²) < 4.78 is 47.4. The first-order chi connectivity index (χ1) is 24.5. The molecule has 270 valence electrons. The van der Waals surface area contributed by atoms with Crippen LogP contribution in [0.2, 0.25) is 0 Å². The van der Waals surface area contributed by atoms with Gasteiger partial charge in [0.2, 0.25) is 5.95 Å². The van der Waals surface area contributed by atoms with Crippen molar-refractivity contribution in [1.82, 2.24) is 19.8 Å². The third-order valence-corrected chi connectivity index (χ3v) is 9.35. The fourth-order valence-electron chi connectivity index (χ4n) is 6.95. The molecule has 2 aliphatic heterocycles. The van der Waals surface area contributed by atoms with Gasteiger partial charge >= 0.3 is 6.09 Å². The maximum atomic E-state index is 15.2. The van der Waals surface area contributed by atoms with Crippen molar-refractivity contribution in [2.75, 3.05) is 56.3 Å². The number of anilines is 3. The highest BCUT2D eigenvalue weighted by atomic mass is 19.1. The first-order valence-corrected chi connectivity index (χ1v) is 17.1. The minimum atomic E-state index is -1.33. The molecule has 11 nitrogen and oxygen atoms in total. The molecule has 2 aliphatic rings. The fraction of sp³-hybridized carbons (Fsp3) is 0.395. The van der Waals surface area contributed by atoms with E-state index in [0.29, 0.717) is 47.3 Å². The van der Waals surface area contributed by atoms with E-state index in [1.54, 1.807) is 6.07 Å². The summed E-state index contributed by atoms with van der Waals surface area (Å²) >= 11 is 0. The van der Waals surface area contributed by atoms with Crippen molar-refractivity contribution in [3.63, 3.8) is 0 Å². The van der Waals surface area contributed by atoms with Crippen molar-refractivity contribution in [2.24, 2.45) is 0 Å². The number of ether oxygens (including phenoxy) is 3. The van der Waals surface area contributed by atoms with Crippen LogP contribution < -0.4 is 19.7 Å². The zero-order valence-corrected chi connectivity index (χ0v) is 29.6. The monoisotopic (exact) mass is 702 g/mol. The second-order valence-corrected chi connectivity index (χ2v) is 13.3. The van der Waals surface area contributed by atoms with Crippen molar-refractivity contribution in [2.45, 2.75) is 53.3 Å².